The quantitative estimate of drug-likeness (QED) is 0.845. The van der Waals surface area contributed by atoms with Gasteiger partial charge in [0.2, 0.25) is 0 Å². The van der Waals surface area contributed by atoms with Crippen LogP contribution in [0.3, 0.4) is 0 Å². The van der Waals surface area contributed by atoms with Crippen LogP contribution in [0.4, 0.5) is 5.69 Å². The average Bonchev–Trinajstić information content (AvgIpc) is 2.39. The molecule has 2 N–H and O–H groups in total. The Morgan fingerprint density at radius 2 is 2.06 bits per heavy atom. The molecule has 92 valence electrons. The molecule has 0 aliphatic rings. The van der Waals surface area contributed by atoms with Crippen LogP contribution in [0.25, 0.3) is 0 Å². The van der Waals surface area contributed by atoms with Crippen molar-refractivity contribution in [3.8, 4) is 5.75 Å². The average molecular weight is 245 g/mol. The van der Waals surface area contributed by atoms with Gasteiger partial charge in [-0.2, -0.15) is 0 Å². The van der Waals surface area contributed by atoms with Gasteiger partial charge in [0, 0.05) is 11.8 Å². The van der Waals surface area contributed by atoms with Crippen molar-refractivity contribution in [2.75, 3.05) is 12.4 Å². The van der Waals surface area contributed by atoms with Crippen LogP contribution < -0.4 is 15.6 Å². The van der Waals surface area contributed by atoms with Gasteiger partial charge >= 0.3 is 0 Å². The summed E-state index contributed by atoms with van der Waals surface area (Å²) in [4.78, 5) is 28.9. The lowest BCUT2D eigenvalue weighted by Gasteiger charge is -2.05. The number of hydrogen-bond donors (Lipinski definition) is 2. The fourth-order valence-electron chi connectivity index (χ4n) is 1.36. The van der Waals surface area contributed by atoms with E-state index in [-0.39, 0.29) is 11.3 Å². The highest BCUT2D eigenvalue weighted by Gasteiger charge is 2.07. The molecule has 0 saturated heterocycles. The molecule has 6 nitrogen and oxygen atoms in total. The van der Waals surface area contributed by atoms with Crippen LogP contribution in [0.2, 0.25) is 0 Å². The van der Waals surface area contributed by atoms with Gasteiger partial charge in [-0.25, -0.2) is 4.98 Å². The van der Waals surface area contributed by atoms with Crippen LogP contribution in [-0.2, 0) is 0 Å². The number of carbonyl (C=O) groups excluding carboxylic acids is 1. The lowest BCUT2D eigenvalue weighted by molar-refractivity contribution is 0.102. The molecule has 1 aromatic carbocycles. The first kappa shape index (κ1) is 11.8. The number of anilines is 1. The fourth-order valence-corrected chi connectivity index (χ4v) is 1.36. The number of hydrogen-bond acceptors (Lipinski definition) is 4. The van der Waals surface area contributed by atoms with E-state index < -0.39 is 5.91 Å². The number of rotatable bonds is 3. The van der Waals surface area contributed by atoms with Crippen molar-refractivity contribution in [3.63, 3.8) is 0 Å². The molecular formula is C12H11N3O3. The number of ether oxygens (including phenoxy) is 1. The number of amides is 1. The van der Waals surface area contributed by atoms with Gasteiger partial charge in [-0.1, -0.05) is 0 Å². The molecule has 2 aromatic rings. The van der Waals surface area contributed by atoms with Crippen molar-refractivity contribution in [2.45, 2.75) is 0 Å². The van der Waals surface area contributed by atoms with Gasteiger partial charge in [-0.15, -0.1) is 0 Å². The predicted octanol–water partition coefficient (Wildman–Crippen LogP) is 1.03. The van der Waals surface area contributed by atoms with Gasteiger partial charge in [0.1, 0.15) is 11.4 Å². The van der Waals surface area contributed by atoms with E-state index in [9.17, 15) is 9.59 Å². The molecule has 0 fully saturated rings. The third-order valence-electron chi connectivity index (χ3n) is 2.26. The lowest BCUT2D eigenvalue weighted by atomic mass is 10.3. The van der Waals surface area contributed by atoms with Gasteiger partial charge in [0.25, 0.3) is 11.5 Å². The molecule has 0 unspecified atom stereocenters. The van der Waals surface area contributed by atoms with Gasteiger partial charge in [0.15, 0.2) is 0 Å². The van der Waals surface area contributed by atoms with Crippen molar-refractivity contribution in [1.82, 2.24) is 9.97 Å². The second-order valence-corrected chi connectivity index (χ2v) is 3.48. The van der Waals surface area contributed by atoms with Gasteiger partial charge in [-0.3, -0.25) is 9.59 Å². The summed E-state index contributed by atoms with van der Waals surface area (Å²) in [6.07, 6.45) is 1.19. The third kappa shape index (κ3) is 2.73. The number of benzene rings is 1. The van der Waals surface area contributed by atoms with E-state index in [1.54, 1.807) is 31.4 Å². The van der Waals surface area contributed by atoms with Crippen molar-refractivity contribution < 1.29 is 9.53 Å². The minimum Gasteiger partial charge on any atom is -0.497 e. The van der Waals surface area contributed by atoms with Crippen LogP contribution in [0.1, 0.15) is 10.5 Å². The maximum atomic E-state index is 11.8. The van der Waals surface area contributed by atoms with Gasteiger partial charge < -0.3 is 15.0 Å². The largest absolute Gasteiger partial charge is 0.497 e. The summed E-state index contributed by atoms with van der Waals surface area (Å²) in [5.74, 6) is 0.258. The first-order chi connectivity index (χ1) is 8.69. The highest BCUT2D eigenvalue weighted by Crippen LogP contribution is 2.15. The molecule has 0 radical (unpaired) electrons. The molecular weight excluding hydrogens is 234 g/mol. The second-order valence-electron chi connectivity index (χ2n) is 3.48. The van der Waals surface area contributed by atoms with Crippen LogP contribution in [-0.4, -0.2) is 23.0 Å². The third-order valence-corrected chi connectivity index (χ3v) is 2.26. The van der Waals surface area contributed by atoms with Crippen molar-refractivity contribution in [2.24, 2.45) is 0 Å². The summed E-state index contributed by atoms with van der Waals surface area (Å²) in [6, 6.07) is 7.98. The van der Waals surface area contributed by atoms with E-state index in [2.05, 4.69) is 15.3 Å². The summed E-state index contributed by atoms with van der Waals surface area (Å²) < 4.78 is 5.00. The van der Waals surface area contributed by atoms with Crippen LogP contribution in [0.15, 0.2) is 41.5 Å². The SMILES string of the molecule is COc1ccc(NC(=O)c2cc(=O)[nH]cn2)cc1. The Labute approximate surface area is 103 Å². The molecule has 18 heavy (non-hydrogen) atoms. The van der Waals surface area contributed by atoms with E-state index >= 15 is 0 Å². The molecule has 2 rings (SSSR count). The number of nitrogens with zero attached hydrogens (tertiary/aromatic N) is 1. The maximum absolute atomic E-state index is 11.8. The van der Waals surface area contributed by atoms with E-state index in [1.807, 2.05) is 0 Å². The number of aromatic amines is 1. The highest BCUT2D eigenvalue weighted by atomic mass is 16.5. The Kier molecular flexibility index (Phi) is 3.38. The van der Waals surface area contributed by atoms with Crippen LogP contribution in [0, 0.1) is 0 Å². The van der Waals surface area contributed by atoms with Crippen LogP contribution >= 0.6 is 0 Å². The lowest BCUT2D eigenvalue weighted by Crippen LogP contribution is -2.17. The molecule has 1 heterocycles. The van der Waals surface area contributed by atoms with E-state index in [0.717, 1.165) is 6.07 Å². The standard InChI is InChI=1S/C12H11N3O3/c1-18-9-4-2-8(3-5-9)15-12(17)10-6-11(16)14-7-13-10/h2-7H,1H3,(H,15,17)(H,13,14,16). The molecule has 0 aliphatic carbocycles. The number of aromatic nitrogens is 2. The summed E-state index contributed by atoms with van der Waals surface area (Å²) >= 11 is 0. The highest BCUT2D eigenvalue weighted by molar-refractivity contribution is 6.02. The number of nitrogens with one attached hydrogen (secondary N) is 2. The van der Waals surface area contributed by atoms with Crippen molar-refractivity contribution in [3.05, 3.63) is 52.7 Å². The van der Waals surface area contributed by atoms with Gasteiger partial charge in [0.05, 0.1) is 13.4 Å². The monoisotopic (exact) mass is 245 g/mol. The summed E-state index contributed by atoms with van der Waals surface area (Å²) in [6.45, 7) is 0. The first-order valence-corrected chi connectivity index (χ1v) is 5.19. The Balaban J connectivity index is 2.13. The fraction of sp³-hybridized carbons (Fsp3) is 0.0833. The molecule has 0 bridgehead atoms. The summed E-state index contributed by atoms with van der Waals surface area (Å²) in [7, 11) is 1.56. The molecule has 0 spiro atoms. The Morgan fingerprint density at radius 1 is 1.33 bits per heavy atom. The summed E-state index contributed by atoms with van der Waals surface area (Å²) in [5.41, 5.74) is 0.294. The minimum absolute atomic E-state index is 0.0644. The number of methoxy groups -OCH3 is 1. The molecule has 0 atom stereocenters. The van der Waals surface area contributed by atoms with Crippen LogP contribution in [0.5, 0.6) is 5.75 Å². The maximum Gasteiger partial charge on any atom is 0.274 e. The topological polar surface area (TPSA) is 84.1 Å². The number of carbonyl (C=O) groups is 1. The molecule has 1 amide bonds. The zero-order valence-corrected chi connectivity index (χ0v) is 9.64. The normalized spacial score (nSPS) is 9.83. The van der Waals surface area contributed by atoms with E-state index in [0.29, 0.717) is 11.4 Å². The Bertz CT molecular complexity index is 604. The predicted molar refractivity (Wildman–Crippen MR) is 65.8 cm³/mol. The van der Waals surface area contributed by atoms with Crippen molar-refractivity contribution >= 4 is 11.6 Å². The van der Waals surface area contributed by atoms with Gasteiger partial charge in [-0.05, 0) is 24.3 Å². The Morgan fingerprint density at radius 3 is 2.67 bits per heavy atom. The zero-order valence-electron chi connectivity index (χ0n) is 9.64. The number of H-pyrrole nitrogens is 1. The summed E-state index contributed by atoms with van der Waals surface area (Å²) in [5, 5.41) is 2.63. The molecule has 0 aliphatic heterocycles. The van der Waals surface area contributed by atoms with E-state index in [4.69, 9.17) is 4.74 Å². The molecule has 0 saturated carbocycles. The molecule has 6 heteroatoms. The smallest absolute Gasteiger partial charge is 0.274 e. The van der Waals surface area contributed by atoms with Crippen molar-refractivity contribution in [1.29, 1.82) is 0 Å². The second kappa shape index (κ2) is 5.13. The molecule has 1 aromatic heterocycles. The minimum atomic E-state index is -0.439. The first-order valence-electron chi connectivity index (χ1n) is 5.19. The van der Waals surface area contributed by atoms with E-state index in [1.165, 1.54) is 6.33 Å². The Hall–Kier alpha value is -2.63. The zero-order chi connectivity index (χ0) is 13.0.